The van der Waals surface area contributed by atoms with Crippen molar-refractivity contribution in [2.75, 3.05) is 18.5 Å². The molecule has 3 rings (SSSR count). The molecule has 1 aliphatic rings. The SMILES string of the molecule is N#Cc1c(NC(=O)C=Cc2ccccc2)sc2c1CCN(C(=O)CO)C2. The van der Waals surface area contributed by atoms with Crippen LogP contribution in [0, 0.1) is 11.3 Å². The Balaban J connectivity index is 1.76. The molecular formula is C19H17N3O3S. The maximum absolute atomic E-state index is 12.2. The number of amides is 2. The Bertz CT molecular complexity index is 897. The number of benzene rings is 1. The number of rotatable bonds is 4. The van der Waals surface area contributed by atoms with Crippen molar-refractivity contribution in [3.05, 3.63) is 58.0 Å². The van der Waals surface area contributed by atoms with Gasteiger partial charge in [-0.15, -0.1) is 11.3 Å². The monoisotopic (exact) mass is 367 g/mol. The molecule has 0 atom stereocenters. The molecule has 7 heteroatoms. The van der Waals surface area contributed by atoms with Crippen LogP contribution in [0.1, 0.15) is 21.6 Å². The zero-order chi connectivity index (χ0) is 18.5. The van der Waals surface area contributed by atoms with Crippen LogP contribution in [-0.4, -0.2) is 35.0 Å². The average molecular weight is 367 g/mol. The molecule has 1 aliphatic heterocycles. The van der Waals surface area contributed by atoms with E-state index in [0.29, 0.717) is 30.1 Å². The van der Waals surface area contributed by atoms with Crippen molar-refractivity contribution in [1.29, 1.82) is 5.26 Å². The number of aliphatic hydroxyl groups is 1. The standard InChI is InChI=1S/C19H17N3O3S/c20-10-15-14-8-9-22(18(25)12-23)11-16(14)26-19(15)21-17(24)7-6-13-4-2-1-3-5-13/h1-7,23H,8-9,11-12H2,(H,21,24). The Hall–Kier alpha value is -2.95. The minimum Gasteiger partial charge on any atom is -0.387 e. The lowest BCUT2D eigenvalue weighted by molar-refractivity contribution is -0.135. The maximum Gasteiger partial charge on any atom is 0.249 e. The van der Waals surface area contributed by atoms with Crippen LogP contribution in [0.15, 0.2) is 36.4 Å². The molecule has 6 nitrogen and oxygen atoms in total. The number of anilines is 1. The van der Waals surface area contributed by atoms with E-state index in [4.69, 9.17) is 5.11 Å². The van der Waals surface area contributed by atoms with Gasteiger partial charge in [0, 0.05) is 17.5 Å². The Kier molecular flexibility index (Phi) is 5.46. The topological polar surface area (TPSA) is 93.4 Å². The van der Waals surface area contributed by atoms with Crippen LogP contribution in [0.4, 0.5) is 5.00 Å². The molecule has 0 bridgehead atoms. The number of nitriles is 1. The zero-order valence-corrected chi connectivity index (χ0v) is 14.8. The van der Waals surface area contributed by atoms with Crippen LogP contribution in [0.3, 0.4) is 0 Å². The van der Waals surface area contributed by atoms with Gasteiger partial charge in [-0.2, -0.15) is 5.26 Å². The van der Waals surface area contributed by atoms with Crippen LogP contribution in [0.2, 0.25) is 0 Å². The highest BCUT2D eigenvalue weighted by Crippen LogP contribution is 2.36. The molecular weight excluding hydrogens is 350 g/mol. The summed E-state index contributed by atoms with van der Waals surface area (Å²) in [4.78, 5) is 26.3. The molecule has 2 aromatic rings. The number of carbonyl (C=O) groups is 2. The van der Waals surface area contributed by atoms with Gasteiger partial charge in [-0.3, -0.25) is 9.59 Å². The Morgan fingerprint density at radius 3 is 2.81 bits per heavy atom. The summed E-state index contributed by atoms with van der Waals surface area (Å²) in [7, 11) is 0. The highest BCUT2D eigenvalue weighted by molar-refractivity contribution is 7.16. The Labute approximate surface area is 155 Å². The van der Waals surface area contributed by atoms with Crippen molar-refractivity contribution < 1.29 is 14.7 Å². The molecule has 26 heavy (non-hydrogen) atoms. The molecule has 0 radical (unpaired) electrons. The summed E-state index contributed by atoms with van der Waals surface area (Å²) in [5.74, 6) is -0.647. The van der Waals surface area contributed by atoms with Gasteiger partial charge in [0.15, 0.2) is 0 Å². The fraction of sp³-hybridized carbons (Fsp3) is 0.211. The van der Waals surface area contributed by atoms with E-state index in [1.165, 1.54) is 17.4 Å². The number of nitrogens with one attached hydrogen (secondary N) is 1. The molecule has 0 aliphatic carbocycles. The van der Waals surface area contributed by atoms with Gasteiger partial charge >= 0.3 is 0 Å². The summed E-state index contributed by atoms with van der Waals surface area (Å²) >= 11 is 1.30. The lowest BCUT2D eigenvalue weighted by Gasteiger charge is -2.26. The van der Waals surface area contributed by atoms with Crippen LogP contribution in [0.5, 0.6) is 0 Å². The third-order valence-corrected chi connectivity index (χ3v) is 5.25. The first-order chi connectivity index (χ1) is 12.6. The normalized spacial score (nSPS) is 13.3. The molecule has 2 heterocycles. The number of carbonyl (C=O) groups excluding carboxylic acids is 2. The Morgan fingerprint density at radius 1 is 1.35 bits per heavy atom. The van der Waals surface area contributed by atoms with Crippen molar-refractivity contribution in [3.63, 3.8) is 0 Å². The third kappa shape index (κ3) is 3.82. The molecule has 132 valence electrons. The van der Waals surface area contributed by atoms with E-state index in [9.17, 15) is 14.9 Å². The maximum atomic E-state index is 12.2. The van der Waals surface area contributed by atoms with E-state index in [1.54, 1.807) is 11.0 Å². The van der Waals surface area contributed by atoms with Crippen LogP contribution in [0.25, 0.3) is 6.08 Å². The molecule has 0 unspecified atom stereocenters. The average Bonchev–Trinajstić information content (AvgIpc) is 3.02. The first kappa shape index (κ1) is 17.9. The second kappa shape index (κ2) is 7.95. The molecule has 2 amide bonds. The second-order valence-corrected chi connectivity index (χ2v) is 6.88. The minimum absolute atomic E-state index is 0.313. The van der Waals surface area contributed by atoms with Gasteiger partial charge in [-0.1, -0.05) is 30.3 Å². The lowest BCUT2D eigenvalue weighted by atomic mass is 10.0. The van der Waals surface area contributed by atoms with Crippen LogP contribution >= 0.6 is 11.3 Å². The summed E-state index contributed by atoms with van der Waals surface area (Å²) in [6.07, 6.45) is 3.67. The van der Waals surface area contributed by atoms with E-state index in [2.05, 4.69) is 11.4 Å². The molecule has 0 spiro atoms. The number of hydrogen-bond donors (Lipinski definition) is 2. The largest absolute Gasteiger partial charge is 0.387 e. The van der Waals surface area contributed by atoms with Gasteiger partial charge in [-0.05, 0) is 23.6 Å². The predicted octanol–water partition coefficient (Wildman–Crippen LogP) is 2.15. The van der Waals surface area contributed by atoms with Gasteiger partial charge in [0.05, 0.1) is 12.1 Å². The van der Waals surface area contributed by atoms with Crippen LogP contribution in [-0.2, 0) is 22.6 Å². The number of nitrogens with zero attached hydrogens (tertiary/aromatic N) is 2. The van der Waals surface area contributed by atoms with E-state index in [-0.39, 0.29) is 11.8 Å². The van der Waals surface area contributed by atoms with Crippen molar-refractivity contribution in [3.8, 4) is 6.07 Å². The van der Waals surface area contributed by atoms with Crippen molar-refractivity contribution in [2.24, 2.45) is 0 Å². The van der Waals surface area contributed by atoms with Gasteiger partial charge in [0.2, 0.25) is 11.8 Å². The number of aliphatic hydroxyl groups excluding tert-OH is 1. The van der Waals surface area contributed by atoms with Gasteiger partial charge in [0.1, 0.15) is 17.7 Å². The minimum atomic E-state index is -0.528. The highest BCUT2D eigenvalue weighted by atomic mass is 32.1. The smallest absolute Gasteiger partial charge is 0.249 e. The predicted molar refractivity (Wildman–Crippen MR) is 99.3 cm³/mol. The van der Waals surface area contributed by atoms with Crippen LogP contribution < -0.4 is 5.32 Å². The highest BCUT2D eigenvalue weighted by Gasteiger charge is 2.26. The van der Waals surface area contributed by atoms with Gasteiger partial charge < -0.3 is 15.3 Å². The van der Waals surface area contributed by atoms with Gasteiger partial charge in [0.25, 0.3) is 0 Å². The Morgan fingerprint density at radius 2 is 2.12 bits per heavy atom. The van der Waals surface area contributed by atoms with Gasteiger partial charge in [-0.25, -0.2) is 0 Å². The lowest BCUT2D eigenvalue weighted by Crippen LogP contribution is -2.37. The summed E-state index contributed by atoms with van der Waals surface area (Å²) in [6, 6.07) is 11.6. The molecule has 1 aromatic carbocycles. The summed E-state index contributed by atoms with van der Waals surface area (Å²) in [6.45, 7) is 0.280. The molecule has 0 saturated heterocycles. The number of fused-ring (bicyclic) bond motifs is 1. The summed E-state index contributed by atoms with van der Waals surface area (Å²) < 4.78 is 0. The van der Waals surface area contributed by atoms with Crippen molar-refractivity contribution in [2.45, 2.75) is 13.0 Å². The van der Waals surface area contributed by atoms with E-state index in [1.807, 2.05) is 30.3 Å². The summed E-state index contributed by atoms with van der Waals surface area (Å²) in [5, 5.41) is 21.7. The molecule has 1 aromatic heterocycles. The fourth-order valence-corrected chi connectivity index (χ4v) is 4.03. The molecule has 0 fully saturated rings. The fourth-order valence-electron chi connectivity index (χ4n) is 2.81. The summed E-state index contributed by atoms with van der Waals surface area (Å²) in [5.41, 5.74) is 2.25. The first-order valence-electron chi connectivity index (χ1n) is 8.09. The second-order valence-electron chi connectivity index (χ2n) is 5.78. The number of thiophene rings is 1. The molecule has 0 saturated carbocycles. The quantitative estimate of drug-likeness (QED) is 0.810. The first-order valence-corrected chi connectivity index (χ1v) is 8.91. The van der Waals surface area contributed by atoms with E-state index in [0.717, 1.165) is 16.0 Å². The van der Waals surface area contributed by atoms with E-state index < -0.39 is 6.61 Å². The number of hydrogen-bond acceptors (Lipinski definition) is 5. The zero-order valence-electron chi connectivity index (χ0n) is 13.9. The van der Waals surface area contributed by atoms with Crippen molar-refractivity contribution in [1.82, 2.24) is 4.90 Å². The van der Waals surface area contributed by atoms with E-state index >= 15 is 0 Å². The molecule has 2 N–H and O–H groups in total. The third-order valence-electron chi connectivity index (χ3n) is 4.12. The van der Waals surface area contributed by atoms with Crippen molar-refractivity contribution >= 4 is 34.2 Å².